The maximum Gasteiger partial charge on any atom is 0.252 e. The number of thiophene rings is 1. The van der Waals surface area contributed by atoms with Crippen molar-refractivity contribution in [3.8, 4) is 0 Å². The van der Waals surface area contributed by atoms with E-state index in [0.717, 1.165) is 12.8 Å². The summed E-state index contributed by atoms with van der Waals surface area (Å²) < 4.78 is 27.0. The Labute approximate surface area is 177 Å². The molecule has 1 aromatic rings. The van der Waals surface area contributed by atoms with Gasteiger partial charge in [0.25, 0.3) is 10.0 Å². The molecule has 0 saturated carbocycles. The fourth-order valence-corrected chi connectivity index (χ4v) is 6.53. The second kappa shape index (κ2) is 8.73. The van der Waals surface area contributed by atoms with Crippen molar-refractivity contribution in [3.63, 3.8) is 0 Å². The number of likely N-dealkylation sites (tertiary alicyclic amines) is 1. The first kappa shape index (κ1) is 22.2. The van der Waals surface area contributed by atoms with E-state index in [1.807, 2.05) is 25.7 Å². The Morgan fingerprint density at radius 1 is 1.07 bits per heavy atom. The van der Waals surface area contributed by atoms with E-state index in [0.29, 0.717) is 43.2 Å². The summed E-state index contributed by atoms with van der Waals surface area (Å²) in [6, 6.07) is 3.44. The van der Waals surface area contributed by atoms with Crippen LogP contribution in [-0.4, -0.2) is 61.7 Å². The van der Waals surface area contributed by atoms with Crippen LogP contribution in [-0.2, 0) is 19.6 Å². The second-order valence-corrected chi connectivity index (χ2v) is 12.0. The number of amides is 2. The van der Waals surface area contributed by atoms with E-state index in [-0.39, 0.29) is 29.2 Å². The first-order valence-corrected chi connectivity index (χ1v) is 12.5. The van der Waals surface area contributed by atoms with Crippen LogP contribution in [0.1, 0.15) is 46.5 Å². The summed E-state index contributed by atoms with van der Waals surface area (Å²) in [5.41, 5.74) is -0.381. The highest BCUT2D eigenvalue weighted by molar-refractivity contribution is 7.91. The molecule has 3 rings (SSSR count). The van der Waals surface area contributed by atoms with E-state index >= 15 is 0 Å². The van der Waals surface area contributed by atoms with Gasteiger partial charge in [0.05, 0.1) is 0 Å². The quantitative estimate of drug-likeness (QED) is 0.777. The van der Waals surface area contributed by atoms with Crippen LogP contribution in [0.3, 0.4) is 0 Å². The van der Waals surface area contributed by atoms with Gasteiger partial charge in [0.1, 0.15) is 4.21 Å². The molecule has 9 heteroatoms. The van der Waals surface area contributed by atoms with Gasteiger partial charge in [-0.05, 0) is 37.1 Å². The lowest BCUT2D eigenvalue weighted by molar-refractivity contribution is -0.140. The lowest BCUT2D eigenvalue weighted by Crippen LogP contribution is -2.51. The van der Waals surface area contributed by atoms with Crippen molar-refractivity contribution in [2.75, 3.05) is 26.2 Å². The molecule has 0 spiro atoms. The monoisotopic (exact) mass is 441 g/mol. The normalized spacial score (nSPS) is 20.6. The van der Waals surface area contributed by atoms with Crippen molar-refractivity contribution in [2.24, 2.45) is 11.3 Å². The number of piperidine rings is 2. The third-order valence-electron chi connectivity index (χ3n) is 5.68. The largest absolute Gasteiger partial charge is 0.353 e. The van der Waals surface area contributed by atoms with E-state index in [2.05, 4.69) is 5.32 Å². The average molecular weight is 442 g/mol. The molecule has 2 amide bonds. The molecule has 2 aliphatic heterocycles. The zero-order chi connectivity index (χ0) is 21.2. The van der Waals surface area contributed by atoms with E-state index in [9.17, 15) is 18.0 Å². The van der Waals surface area contributed by atoms with E-state index in [4.69, 9.17) is 0 Å². The zero-order valence-electron chi connectivity index (χ0n) is 17.4. The third kappa shape index (κ3) is 5.19. The number of rotatable bonds is 4. The maximum absolute atomic E-state index is 12.7. The van der Waals surface area contributed by atoms with E-state index in [1.54, 1.807) is 17.5 Å². The summed E-state index contributed by atoms with van der Waals surface area (Å²) in [6.45, 7) is 7.85. The van der Waals surface area contributed by atoms with Crippen LogP contribution in [0.25, 0.3) is 0 Å². The second-order valence-electron chi connectivity index (χ2n) is 8.94. The molecule has 0 aromatic carbocycles. The number of hydrogen-bond donors (Lipinski definition) is 1. The predicted molar refractivity (Wildman–Crippen MR) is 113 cm³/mol. The molecular formula is C20H31N3O4S2. The van der Waals surface area contributed by atoms with Crippen molar-refractivity contribution in [3.05, 3.63) is 17.5 Å². The summed E-state index contributed by atoms with van der Waals surface area (Å²) >= 11 is 1.22. The van der Waals surface area contributed by atoms with Gasteiger partial charge in [0.15, 0.2) is 0 Å². The van der Waals surface area contributed by atoms with Crippen LogP contribution < -0.4 is 5.32 Å². The molecule has 0 radical (unpaired) electrons. The molecule has 0 unspecified atom stereocenters. The smallest absolute Gasteiger partial charge is 0.252 e. The van der Waals surface area contributed by atoms with Gasteiger partial charge >= 0.3 is 0 Å². The van der Waals surface area contributed by atoms with Gasteiger partial charge in [-0.25, -0.2) is 8.42 Å². The summed E-state index contributed by atoms with van der Waals surface area (Å²) in [4.78, 5) is 26.9. The van der Waals surface area contributed by atoms with Crippen LogP contribution in [0.15, 0.2) is 21.7 Å². The lowest BCUT2D eigenvalue weighted by atomic mass is 9.92. The molecule has 2 saturated heterocycles. The Bertz CT molecular complexity index is 814. The zero-order valence-corrected chi connectivity index (χ0v) is 19.0. The fraction of sp³-hybridized carbons (Fsp3) is 0.700. The van der Waals surface area contributed by atoms with Gasteiger partial charge < -0.3 is 10.2 Å². The molecule has 3 heterocycles. The molecule has 1 N–H and O–H groups in total. The average Bonchev–Trinajstić information content (AvgIpc) is 3.23. The Morgan fingerprint density at radius 3 is 2.21 bits per heavy atom. The molecule has 1 aromatic heterocycles. The number of sulfonamides is 1. The summed E-state index contributed by atoms with van der Waals surface area (Å²) in [5, 5.41) is 4.88. The van der Waals surface area contributed by atoms with E-state index < -0.39 is 10.0 Å². The highest BCUT2D eigenvalue weighted by Gasteiger charge is 2.34. The standard InChI is InChI=1S/C20H31N3O4S2/c1-20(2,3)19(25)22-10-8-16(9-11-22)21-18(24)15-6-12-23(13-7-15)29(26,27)17-5-4-14-28-17/h4-5,14-16H,6-13H2,1-3H3,(H,21,24). The summed E-state index contributed by atoms with van der Waals surface area (Å²) in [6.07, 6.45) is 2.61. The Kier molecular flexibility index (Phi) is 6.70. The number of nitrogens with zero attached hydrogens (tertiary/aromatic N) is 2. The highest BCUT2D eigenvalue weighted by atomic mass is 32.2. The lowest BCUT2D eigenvalue weighted by Gasteiger charge is -2.37. The van der Waals surface area contributed by atoms with Crippen LogP contribution in [0, 0.1) is 11.3 Å². The minimum atomic E-state index is -3.44. The molecule has 7 nitrogen and oxygen atoms in total. The van der Waals surface area contributed by atoms with Crippen LogP contribution in [0.4, 0.5) is 0 Å². The minimum Gasteiger partial charge on any atom is -0.353 e. The topological polar surface area (TPSA) is 86.8 Å². The molecule has 0 atom stereocenters. The SMILES string of the molecule is CC(C)(C)C(=O)N1CCC(NC(=O)C2CCN(S(=O)(=O)c3cccs3)CC2)CC1. The number of carbonyl (C=O) groups is 2. The molecule has 0 bridgehead atoms. The molecule has 162 valence electrons. The van der Waals surface area contributed by atoms with Crippen LogP contribution in [0.2, 0.25) is 0 Å². The van der Waals surface area contributed by atoms with Crippen molar-refractivity contribution in [2.45, 2.75) is 56.7 Å². The fourth-order valence-electron chi connectivity index (χ4n) is 3.92. The Balaban J connectivity index is 1.46. The van der Waals surface area contributed by atoms with Crippen LogP contribution in [0.5, 0.6) is 0 Å². The molecule has 0 aliphatic carbocycles. The summed E-state index contributed by atoms with van der Waals surface area (Å²) in [5.74, 6) is 0.0133. The van der Waals surface area contributed by atoms with Gasteiger partial charge in [-0.15, -0.1) is 11.3 Å². The molecule has 2 aliphatic rings. The number of carbonyl (C=O) groups excluding carboxylic acids is 2. The van der Waals surface area contributed by atoms with E-state index in [1.165, 1.54) is 15.6 Å². The third-order valence-corrected chi connectivity index (χ3v) is 8.96. The number of nitrogens with one attached hydrogen (secondary N) is 1. The van der Waals surface area contributed by atoms with Crippen molar-refractivity contribution in [1.82, 2.24) is 14.5 Å². The maximum atomic E-state index is 12.7. The van der Waals surface area contributed by atoms with Gasteiger partial charge in [-0.2, -0.15) is 4.31 Å². The molecule has 29 heavy (non-hydrogen) atoms. The molecular weight excluding hydrogens is 410 g/mol. The van der Waals surface area contributed by atoms with Crippen LogP contribution >= 0.6 is 11.3 Å². The predicted octanol–water partition coefficient (Wildman–Crippen LogP) is 2.30. The first-order chi connectivity index (χ1) is 13.6. The van der Waals surface area contributed by atoms with Crippen molar-refractivity contribution in [1.29, 1.82) is 0 Å². The van der Waals surface area contributed by atoms with Gasteiger partial charge in [0, 0.05) is 43.6 Å². The minimum absolute atomic E-state index is 0.0127. The highest BCUT2D eigenvalue weighted by Crippen LogP contribution is 2.27. The molecule has 2 fully saturated rings. The van der Waals surface area contributed by atoms with Gasteiger partial charge in [-0.1, -0.05) is 26.8 Å². The van der Waals surface area contributed by atoms with Gasteiger partial charge in [0.2, 0.25) is 11.8 Å². The van der Waals surface area contributed by atoms with Crippen molar-refractivity contribution < 1.29 is 18.0 Å². The first-order valence-electron chi connectivity index (χ1n) is 10.2. The van der Waals surface area contributed by atoms with Gasteiger partial charge in [-0.3, -0.25) is 9.59 Å². The summed E-state index contributed by atoms with van der Waals surface area (Å²) in [7, 11) is -3.44. The Hall–Kier alpha value is -1.45. The number of hydrogen-bond acceptors (Lipinski definition) is 5. The van der Waals surface area contributed by atoms with Crippen molar-refractivity contribution >= 4 is 33.2 Å². The Morgan fingerprint density at radius 2 is 1.69 bits per heavy atom.